The van der Waals surface area contributed by atoms with Gasteiger partial charge in [-0.25, -0.2) is 0 Å². The van der Waals surface area contributed by atoms with Gasteiger partial charge in [-0.2, -0.15) is 0 Å². The molecule has 0 spiro atoms. The Morgan fingerprint density at radius 3 is 1.25 bits per heavy atom. The molecule has 2 aromatic rings. The summed E-state index contributed by atoms with van der Waals surface area (Å²) in [6.07, 6.45) is 2.02. The second-order valence-corrected chi connectivity index (χ2v) is 5.44. The summed E-state index contributed by atoms with van der Waals surface area (Å²) in [5, 5.41) is 27.1. The Labute approximate surface area is 154 Å². The number of rotatable bonds is 4. The SMILES string of the molecule is Cl.Cl.O[C@@H]1[C@@H](O)[C@H](Nc2ccccc2)C=C[C@H]1Nc1ccccc1. The molecular weight excluding hydrogens is 347 g/mol. The molecule has 0 aromatic heterocycles. The number of anilines is 2. The van der Waals surface area contributed by atoms with E-state index < -0.39 is 12.2 Å². The third-order valence-electron chi connectivity index (χ3n) is 3.83. The predicted molar refractivity (Wildman–Crippen MR) is 103 cm³/mol. The minimum atomic E-state index is -0.883. The maximum Gasteiger partial charge on any atom is 0.106 e. The van der Waals surface area contributed by atoms with E-state index in [4.69, 9.17) is 0 Å². The molecule has 4 nitrogen and oxygen atoms in total. The van der Waals surface area contributed by atoms with Gasteiger partial charge in [0.15, 0.2) is 0 Å². The summed E-state index contributed by atoms with van der Waals surface area (Å²) >= 11 is 0. The molecule has 1 aliphatic carbocycles. The molecule has 0 heterocycles. The lowest BCUT2D eigenvalue weighted by atomic mass is 9.92. The molecule has 0 bridgehead atoms. The third kappa shape index (κ3) is 4.89. The molecule has 0 saturated carbocycles. The highest BCUT2D eigenvalue weighted by Gasteiger charge is 2.33. The number of halogens is 2. The van der Waals surface area contributed by atoms with Gasteiger partial charge >= 0.3 is 0 Å². The highest BCUT2D eigenvalue weighted by atomic mass is 35.5. The summed E-state index contributed by atoms with van der Waals surface area (Å²) in [5.74, 6) is 0. The van der Waals surface area contributed by atoms with Gasteiger partial charge in [0, 0.05) is 11.4 Å². The van der Waals surface area contributed by atoms with Crippen LogP contribution in [0, 0.1) is 0 Å². The average Bonchev–Trinajstić information content (AvgIpc) is 2.56. The summed E-state index contributed by atoms with van der Waals surface area (Å²) in [5.41, 5.74) is 1.83. The molecule has 0 unspecified atom stereocenters. The molecule has 1 aliphatic rings. The van der Waals surface area contributed by atoms with Crippen molar-refractivity contribution in [3.63, 3.8) is 0 Å². The van der Waals surface area contributed by atoms with E-state index in [0.29, 0.717) is 0 Å². The number of benzene rings is 2. The number of nitrogens with one attached hydrogen (secondary N) is 2. The van der Waals surface area contributed by atoms with Crippen LogP contribution >= 0.6 is 24.8 Å². The number of para-hydroxylation sites is 2. The molecule has 3 rings (SSSR count). The van der Waals surface area contributed by atoms with Crippen molar-refractivity contribution in [1.82, 2.24) is 0 Å². The van der Waals surface area contributed by atoms with Crippen LogP contribution in [0.2, 0.25) is 0 Å². The van der Waals surface area contributed by atoms with E-state index in [-0.39, 0.29) is 36.9 Å². The Balaban J connectivity index is 0.00000144. The molecule has 24 heavy (non-hydrogen) atoms. The van der Waals surface area contributed by atoms with Gasteiger partial charge in [0.1, 0.15) is 12.2 Å². The average molecular weight is 369 g/mol. The first kappa shape index (κ1) is 20.3. The van der Waals surface area contributed by atoms with Crippen LogP contribution in [0.15, 0.2) is 72.8 Å². The predicted octanol–water partition coefficient (Wildman–Crippen LogP) is 3.08. The zero-order chi connectivity index (χ0) is 15.4. The fraction of sp³-hybridized carbons (Fsp3) is 0.222. The minimum absolute atomic E-state index is 0. The molecule has 0 aliphatic heterocycles. The van der Waals surface area contributed by atoms with Gasteiger partial charge in [-0.1, -0.05) is 48.6 Å². The Kier molecular flexibility index (Phi) is 8.08. The molecule has 130 valence electrons. The van der Waals surface area contributed by atoms with Crippen LogP contribution in [0.4, 0.5) is 11.4 Å². The van der Waals surface area contributed by atoms with Crippen molar-refractivity contribution in [3.8, 4) is 0 Å². The monoisotopic (exact) mass is 368 g/mol. The maximum absolute atomic E-state index is 10.3. The second-order valence-electron chi connectivity index (χ2n) is 5.44. The van der Waals surface area contributed by atoms with Crippen LogP contribution in [0.5, 0.6) is 0 Å². The Hall–Kier alpha value is -1.72. The lowest BCUT2D eigenvalue weighted by Crippen LogP contribution is -2.51. The number of hydrogen-bond donors (Lipinski definition) is 4. The standard InChI is InChI=1S/C18H20N2O2.2ClH/c21-17-15(19-13-7-3-1-4-8-13)11-12-16(18(17)22)20-14-9-5-2-6-10-14;;/h1-12,15-22H;2*1H/t15-,16-,17+,18+;;/m1../s1. The van der Waals surface area contributed by atoms with E-state index in [2.05, 4.69) is 10.6 Å². The van der Waals surface area contributed by atoms with Crippen LogP contribution in [0.25, 0.3) is 0 Å². The van der Waals surface area contributed by atoms with Crippen molar-refractivity contribution in [2.75, 3.05) is 10.6 Å². The minimum Gasteiger partial charge on any atom is -0.388 e. The molecular formula is C18H22Cl2N2O2. The van der Waals surface area contributed by atoms with Gasteiger partial charge in [0.2, 0.25) is 0 Å². The van der Waals surface area contributed by atoms with Crippen molar-refractivity contribution in [1.29, 1.82) is 0 Å². The fourth-order valence-corrected chi connectivity index (χ4v) is 2.61. The summed E-state index contributed by atoms with van der Waals surface area (Å²) in [4.78, 5) is 0. The zero-order valence-electron chi connectivity index (χ0n) is 12.9. The summed E-state index contributed by atoms with van der Waals surface area (Å²) in [6, 6.07) is 18.7. The van der Waals surface area contributed by atoms with E-state index in [1.807, 2.05) is 72.8 Å². The second kappa shape index (κ2) is 9.55. The van der Waals surface area contributed by atoms with E-state index in [9.17, 15) is 10.2 Å². The molecule has 0 radical (unpaired) electrons. The number of hydrogen-bond acceptors (Lipinski definition) is 4. The Morgan fingerprint density at radius 2 is 0.917 bits per heavy atom. The summed E-state index contributed by atoms with van der Waals surface area (Å²) in [7, 11) is 0. The van der Waals surface area contributed by atoms with Crippen LogP contribution in [0.3, 0.4) is 0 Å². The summed E-state index contributed by atoms with van der Waals surface area (Å²) < 4.78 is 0. The van der Waals surface area contributed by atoms with E-state index >= 15 is 0 Å². The van der Waals surface area contributed by atoms with E-state index in [0.717, 1.165) is 11.4 Å². The lowest BCUT2D eigenvalue weighted by Gasteiger charge is -2.35. The molecule has 0 saturated heterocycles. The molecule has 2 aromatic carbocycles. The zero-order valence-corrected chi connectivity index (χ0v) is 14.6. The van der Waals surface area contributed by atoms with Crippen LogP contribution in [-0.4, -0.2) is 34.5 Å². The van der Waals surface area contributed by atoms with Gasteiger partial charge in [0.25, 0.3) is 0 Å². The quantitative estimate of drug-likeness (QED) is 0.626. The number of aliphatic hydroxyl groups is 2. The Bertz CT molecular complexity index is 570. The largest absolute Gasteiger partial charge is 0.388 e. The van der Waals surface area contributed by atoms with Gasteiger partial charge in [-0.3, -0.25) is 0 Å². The highest BCUT2D eigenvalue weighted by molar-refractivity contribution is 5.85. The lowest BCUT2D eigenvalue weighted by molar-refractivity contribution is 0.00751. The fourth-order valence-electron chi connectivity index (χ4n) is 2.61. The third-order valence-corrected chi connectivity index (χ3v) is 3.83. The molecule has 6 heteroatoms. The van der Waals surface area contributed by atoms with E-state index in [1.54, 1.807) is 0 Å². The van der Waals surface area contributed by atoms with Gasteiger partial charge in [-0.15, -0.1) is 24.8 Å². The van der Waals surface area contributed by atoms with Crippen LogP contribution in [0.1, 0.15) is 0 Å². The maximum atomic E-state index is 10.3. The Morgan fingerprint density at radius 1 is 0.583 bits per heavy atom. The van der Waals surface area contributed by atoms with Crippen molar-refractivity contribution >= 4 is 36.2 Å². The van der Waals surface area contributed by atoms with Crippen LogP contribution in [-0.2, 0) is 0 Å². The molecule has 4 atom stereocenters. The molecule has 4 N–H and O–H groups in total. The van der Waals surface area contributed by atoms with Crippen molar-refractivity contribution in [2.24, 2.45) is 0 Å². The van der Waals surface area contributed by atoms with Gasteiger partial charge in [-0.05, 0) is 24.3 Å². The molecule has 0 fully saturated rings. The van der Waals surface area contributed by atoms with Gasteiger partial charge in [0.05, 0.1) is 12.1 Å². The smallest absolute Gasteiger partial charge is 0.106 e. The van der Waals surface area contributed by atoms with Gasteiger partial charge < -0.3 is 20.8 Å². The topological polar surface area (TPSA) is 64.5 Å². The van der Waals surface area contributed by atoms with Crippen molar-refractivity contribution in [3.05, 3.63) is 72.8 Å². The first-order chi connectivity index (χ1) is 10.7. The number of aliphatic hydroxyl groups excluding tert-OH is 2. The first-order valence-corrected chi connectivity index (χ1v) is 7.42. The highest BCUT2D eigenvalue weighted by Crippen LogP contribution is 2.21. The first-order valence-electron chi connectivity index (χ1n) is 7.42. The van der Waals surface area contributed by atoms with Crippen LogP contribution < -0.4 is 10.6 Å². The summed E-state index contributed by atoms with van der Waals surface area (Å²) in [6.45, 7) is 0. The molecule has 0 amide bonds. The normalized spacial score (nSPS) is 25.1. The van der Waals surface area contributed by atoms with E-state index in [1.165, 1.54) is 0 Å². The van der Waals surface area contributed by atoms with Crippen molar-refractivity contribution in [2.45, 2.75) is 24.3 Å². The van der Waals surface area contributed by atoms with Crippen molar-refractivity contribution < 1.29 is 10.2 Å².